The van der Waals surface area contributed by atoms with Gasteiger partial charge >= 0.3 is 0 Å². The maximum absolute atomic E-state index is 10.8. The number of aliphatic hydroxyl groups excluding tert-OH is 1. The standard InChI is InChI=1S/C31H53BrO.C30H51BrO2/c1-20(10-13-26(32)28(5,6)33)22-15-18-31(9)24-11-12-25-27(3,4)21(2)14-17-29(25,7)23(24)16-19-30(22,31)8;1-19(9-12-24(31)27(4,5)33)20-13-17-30(8)22-10-11-23-26(2,3)25(32)15-16-28(23,6)21(22)14-18-29(20,30)7/h20-22,25-26,33H,10-19H2,1-9H3;19-20,23-25,32-33H,9-18H2,1-8H3/t20-,21+,22?,25?,26?,29-,30-,31+;19-,20?,23?,24?,25+,28-,29-,30+/m11/s1. The highest BCUT2D eigenvalue weighted by atomic mass is 79.9. The maximum Gasteiger partial charge on any atom is 0.0716 e. The average molecular weight is 1050 g/mol. The van der Waals surface area contributed by atoms with Crippen LogP contribution in [0.3, 0.4) is 0 Å². The summed E-state index contributed by atoms with van der Waals surface area (Å²) in [5, 5.41) is 31.6. The summed E-state index contributed by atoms with van der Waals surface area (Å²) in [6.07, 6.45) is 25.4. The lowest BCUT2D eigenvalue weighted by Crippen LogP contribution is -2.55. The van der Waals surface area contributed by atoms with Crippen LogP contribution >= 0.6 is 31.9 Å². The smallest absolute Gasteiger partial charge is 0.0716 e. The Morgan fingerprint density at radius 1 is 0.500 bits per heavy atom. The van der Waals surface area contributed by atoms with Gasteiger partial charge in [-0.3, -0.25) is 0 Å². The third-order valence-electron chi connectivity index (χ3n) is 24.8. The summed E-state index contributed by atoms with van der Waals surface area (Å²) in [5.74, 6) is 5.31. The minimum Gasteiger partial charge on any atom is -0.393 e. The Balaban J connectivity index is 0.000000196. The van der Waals surface area contributed by atoms with Crippen molar-refractivity contribution in [2.24, 2.45) is 84.7 Å². The predicted octanol–water partition coefficient (Wildman–Crippen LogP) is 17.4. The lowest BCUT2D eigenvalue weighted by Gasteiger charge is -2.62. The molecular formula is C61H104Br2O3. The highest BCUT2D eigenvalue weighted by molar-refractivity contribution is 9.09. The summed E-state index contributed by atoms with van der Waals surface area (Å²) in [5.41, 5.74) is 8.94. The fraction of sp³-hybridized carbons (Fsp3) is 0.934. The second-order valence-electron chi connectivity index (χ2n) is 29.2. The molecule has 16 atom stereocenters. The number of halogens is 2. The molecule has 0 amide bonds. The van der Waals surface area contributed by atoms with Crippen molar-refractivity contribution in [1.82, 2.24) is 0 Å². The molecule has 3 nitrogen and oxygen atoms in total. The van der Waals surface area contributed by atoms with Crippen LogP contribution in [0.2, 0.25) is 0 Å². The molecule has 66 heavy (non-hydrogen) atoms. The van der Waals surface area contributed by atoms with Crippen LogP contribution in [0.15, 0.2) is 22.3 Å². The van der Waals surface area contributed by atoms with Crippen molar-refractivity contribution in [1.29, 1.82) is 0 Å². The van der Waals surface area contributed by atoms with Crippen LogP contribution in [0.5, 0.6) is 0 Å². The molecule has 0 saturated heterocycles. The molecule has 4 fully saturated rings. The van der Waals surface area contributed by atoms with Gasteiger partial charge in [-0.2, -0.15) is 0 Å². The van der Waals surface area contributed by atoms with E-state index in [0.29, 0.717) is 44.3 Å². The number of hydrogen-bond acceptors (Lipinski definition) is 3. The van der Waals surface area contributed by atoms with E-state index in [1.54, 1.807) is 0 Å². The van der Waals surface area contributed by atoms with Crippen LogP contribution in [0, 0.1) is 84.7 Å². The molecule has 4 saturated carbocycles. The minimum atomic E-state index is -0.659. The largest absolute Gasteiger partial charge is 0.393 e. The van der Waals surface area contributed by atoms with Crippen LogP contribution in [0.1, 0.15) is 246 Å². The first-order chi connectivity index (χ1) is 30.2. The summed E-state index contributed by atoms with van der Waals surface area (Å²) < 4.78 is 0. The van der Waals surface area contributed by atoms with E-state index < -0.39 is 11.2 Å². The monoisotopic (exact) mass is 1040 g/mol. The van der Waals surface area contributed by atoms with Gasteiger partial charge in [-0.05, 0) is 241 Å². The van der Waals surface area contributed by atoms with E-state index in [1.807, 2.05) is 50.0 Å². The SMILES string of the molecule is C[C@H](CCC(Br)C(C)(C)O)C1CC[C@@]2(C)C3=C(CC[C@]12C)[C@@]1(C)CC[C@H](C)C(C)(C)C1CC3.C[C@H](CCC(Br)C(C)(C)O)C1CC[C@@]2(C)C3=C(CC[C@]12C)[C@@]1(C)CC[C@H](O)C(C)(C)C1CC3. The predicted molar refractivity (Wildman–Crippen MR) is 288 cm³/mol. The number of allylic oxidation sites excluding steroid dienone is 4. The number of alkyl halides is 2. The Kier molecular flexibility index (Phi) is 14.8. The van der Waals surface area contributed by atoms with Crippen molar-refractivity contribution < 1.29 is 15.3 Å². The second-order valence-corrected chi connectivity index (χ2v) is 31.4. The van der Waals surface area contributed by atoms with E-state index in [-0.39, 0.29) is 26.6 Å². The Hall–Kier alpha value is 0.320. The van der Waals surface area contributed by atoms with Crippen molar-refractivity contribution in [3.8, 4) is 0 Å². The molecule has 0 spiro atoms. The molecule has 0 heterocycles. The topological polar surface area (TPSA) is 60.7 Å². The minimum absolute atomic E-state index is 0.0204. The van der Waals surface area contributed by atoms with E-state index >= 15 is 0 Å². The van der Waals surface area contributed by atoms with E-state index in [9.17, 15) is 15.3 Å². The first kappa shape index (κ1) is 54.1. The summed E-state index contributed by atoms with van der Waals surface area (Å²) in [6, 6.07) is 0. The second kappa shape index (κ2) is 18.1. The molecule has 0 radical (unpaired) electrons. The molecule has 6 unspecified atom stereocenters. The number of aliphatic hydroxyl groups is 3. The number of rotatable bonds is 10. The summed E-state index contributed by atoms with van der Waals surface area (Å²) in [4.78, 5) is 0.343. The van der Waals surface area contributed by atoms with Gasteiger partial charge in [-0.15, -0.1) is 0 Å². The molecule has 0 aromatic heterocycles. The van der Waals surface area contributed by atoms with Gasteiger partial charge in [0.25, 0.3) is 0 Å². The molecule has 8 rings (SSSR count). The Morgan fingerprint density at radius 2 is 0.879 bits per heavy atom. The Labute approximate surface area is 424 Å². The van der Waals surface area contributed by atoms with Crippen LogP contribution < -0.4 is 0 Å². The van der Waals surface area contributed by atoms with Gasteiger partial charge in [0, 0.05) is 9.65 Å². The van der Waals surface area contributed by atoms with Gasteiger partial charge in [0.1, 0.15) is 0 Å². The summed E-state index contributed by atoms with van der Waals surface area (Å²) in [7, 11) is 0. The molecule has 0 aliphatic heterocycles. The lowest BCUT2D eigenvalue weighted by molar-refractivity contribution is -0.0962. The van der Waals surface area contributed by atoms with Gasteiger partial charge < -0.3 is 15.3 Å². The lowest BCUT2D eigenvalue weighted by atomic mass is 9.42. The van der Waals surface area contributed by atoms with Crippen molar-refractivity contribution in [2.75, 3.05) is 0 Å². The normalized spacial score (nSPS) is 44.6. The Morgan fingerprint density at radius 3 is 1.27 bits per heavy atom. The van der Waals surface area contributed by atoms with Gasteiger partial charge in [0.2, 0.25) is 0 Å². The zero-order valence-electron chi connectivity index (χ0n) is 46.0. The molecule has 380 valence electrons. The van der Waals surface area contributed by atoms with Gasteiger partial charge in [-0.25, -0.2) is 0 Å². The van der Waals surface area contributed by atoms with Crippen LogP contribution in [-0.2, 0) is 0 Å². The molecule has 5 heteroatoms. The molecule has 3 N–H and O–H groups in total. The molecule has 8 aliphatic rings. The van der Waals surface area contributed by atoms with E-state index in [2.05, 4.69) is 122 Å². The third-order valence-corrected chi connectivity index (χ3v) is 28.0. The summed E-state index contributed by atoms with van der Waals surface area (Å²) in [6.45, 7) is 40.9. The van der Waals surface area contributed by atoms with E-state index in [4.69, 9.17) is 0 Å². The Bertz CT molecular complexity index is 1720. The maximum atomic E-state index is 10.8. The van der Waals surface area contributed by atoms with E-state index in [0.717, 1.165) is 55.3 Å². The van der Waals surface area contributed by atoms with Crippen molar-refractivity contribution >= 4 is 31.9 Å². The van der Waals surface area contributed by atoms with E-state index in [1.165, 1.54) is 103 Å². The zero-order chi connectivity index (χ0) is 49.2. The zero-order valence-corrected chi connectivity index (χ0v) is 49.2. The number of fused-ring (bicyclic) bond motifs is 8. The molecule has 0 aromatic rings. The first-order valence-electron chi connectivity index (χ1n) is 28.0. The highest BCUT2D eigenvalue weighted by Crippen LogP contribution is 2.75. The van der Waals surface area contributed by atoms with Gasteiger partial charge in [-0.1, -0.05) is 144 Å². The van der Waals surface area contributed by atoms with Crippen molar-refractivity contribution in [3.63, 3.8) is 0 Å². The first-order valence-corrected chi connectivity index (χ1v) is 29.9. The molecule has 0 bridgehead atoms. The van der Waals surface area contributed by atoms with Crippen LogP contribution in [0.25, 0.3) is 0 Å². The quantitative estimate of drug-likeness (QED) is 0.151. The number of hydrogen-bond donors (Lipinski definition) is 3. The van der Waals surface area contributed by atoms with Crippen LogP contribution in [-0.4, -0.2) is 42.3 Å². The molecule has 8 aliphatic carbocycles. The van der Waals surface area contributed by atoms with Crippen LogP contribution in [0.4, 0.5) is 0 Å². The summed E-state index contributed by atoms with van der Waals surface area (Å²) >= 11 is 7.52. The fourth-order valence-electron chi connectivity index (χ4n) is 19.4. The van der Waals surface area contributed by atoms with Gasteiger partial charge in [0.15, 0.2) is 0 Å². The van der Waals surface area contributed by atoms with Gasteiger partial charge in [0.05, 0.1) is 17.3 Å². The third kappa shape index (κ3) is 8.49. The van der Waals surface area contributed by atoms with Crippen molar-refractivity contribution in [2.45, 2.75) is 273 Å². The molecule has 0 aromatic carbocycles. The molecular weight excluding hydrogens is 940 g/mol. The highest BCUT2D eigenvalue weighted by Gasteiger charge is 2.65. The average Bonchev–Trinajstić information content (AvgIpc) is 3.67. The van der Waals surface area contributed by atoms with Crippen molar-refractivity contribution in [3.05, 3.63) is 22.3 Å². The fourth-order valence-corrected chi connectivity index (χ4v) is 19.9.